The molecule has 0 saturated carbocycles. The van der Waals surface area contributed by atoms with Crippen LogP contribution in [0, 0.1) is 11.3 Å². The number of hydrogen-bond acceptors (Lipinski definition) is 4. The molecule has 3 rings (SSSR count). The van der Waals surface area contributed by atoms with Gasteiger partial charge in [-0.2, -0.15) is 5.26 Å². The molecule has 0 bridgehead atoms. The van der Waals surface area contributed by atoms with Crippen LogP contribution in [0.1, 0.15) is 32.8 Å². The highest BCUT2D eigenvalue weighted by atomic mass is 32.2. The zero-order chi connectivity index (χ0) is 19.1. The van der Waals surface area contributed by atoms with Crippen LogP contribution in [-0.4, -0.2) is 55.2 Å². The minimum Gasteiger partial charge on any atom is -0.465 e. The molecule has 2 aliphatic heterocycles. The van der Waals surface area contributed by atoms with Gasteiger partial charge in [0, 0.05) is 24.1 Å². The van der Waals surface area contributed by atoms with Crippen molar-refractivity contribution in [2.75, 3.05) is 5.75 Å². The van der Waals surface area contributed by atoms with Gasteiger partial charge in [-0.1, -0.05) is 30.3 Å². The Hall–Kier alpha value is -2.20. The number of carbonyl (C=O) groups excluding carboxylic acids is 1. The van der Waals surface area contributed by atoms with Gasteiger partial charge in [0.1, 0.15) is 11.6 Å². The van der Waals surface area contributed by atoms with Gasteiger partial charge in [-0.15, -0.1) is 11.8 Å². The molecule has 1 N–H and O–H groups in total. The molecule has 138 valence electrons. The molecule has 2 fully saturated rings. The van der Waals surface area contributed by atoms with Gasteiger partial charge in [0.2, 0.25) is 0 Å². The zero-order valence-corrected chi connectivity index (χ0v) is 16.0. The van der Waals surface area contributed by atoms with Gasteiger partial charge >= 0.3 is 6.09 Å². The molecule has 1 aromatic rings. The van der Waals surface area contributed by atoms with Crippen LogP contribution in [-0.2, 0) is 11.2 Å². The molecule has 2 saturated heterocycles. The first-order chi connectivity index (χ1) is 12.2. The van der Waals surface area contributed by atoms with Crippen LogP contribution in [0.5, 0.6) is 0 Å². The summed E-state index contributed by atoms with van der Waals surface area (Å²) in [5.41, 5.74) is -1.03. The summed E-state index contributed by atoms with van der Waals surface area (Å²) in [6.45, 7) is 5.42. The fourth-order valence-electron chi connectivity index (χ4n) is 4.17. The van der Waals surface area contributed by atoms with Gasteiger partial charge in [0.15, 0.2) is 0 Å². The van der Waals surface area contributed by atoms with E-state index in [-0.39, 0.29) is 11.3 Å². The van der Waals surface area contributed by atoms with Crippen LogP contribution < -0.4 is 0 Å². The number of carboxylic acid groups (broad SMARTS) is 1. The SMILES string of the molecule is CC(C)(C)N(C(=O)O)C1(Cc2ccccc2)CC2SCC(C#N)N2C1=O. The van der Waals surface area contributed by atoms with E-state index in [1.165, 1.54) is 4.90 Å². The maximum absolute atomic E-state index is 13.5. The molecular weight excluding hydrogens is 350 g/mol. The summed E-state index contributed by atoms with van der Waals surface area (Å²) < 4.78 is 0. The van der Waals surface area contributed by atoms with Crippen molar-refractivity contribution in [3.8, 4) is 6.07 Å². The summed E-state index contributed by atoms with van der Waals surface area (Å²) in [5.74, 6) is 0.330. The monoisotopic (exact) mass is 373 g/mol. The van der Waals surface area contributed by atoms with E-state index in [1.807, 2.05) is 30.3 Å². The van der Waals surface area contributed by atoms with Crippen molar-refractivity contribution in [2.24, 2.45) is 0 Å². The van der Waals surface area contributed by atoms with Gasteiger partial charge in [-0.3, -0.25) is 9.69 Å². The molecule has 0 spiro atoms. The van der Waals surface area contributed by atoms with Crippen LogP contribution in [0.15, 0.2) is 30.3 Å². The van der Waals surface area contributed by atoms with Crippen molar-refractivity contribution in [3.63, 3.8) is 0 Å². The van der Waals surface area contributed by atoms with Gasteiger partial charge in [-0.25, -0.2) is 4.79 Å². The third-order valence-electron chi connectivity index (χ3n) is 5.02. The van der Waals surface area contributed by atoms with Crippen LogP contribution >= 0.6 is 11.8 Å². The topological polar surface area (TPSA) is 84.6 Å². The molecule has 3 unspecified atom stereocenters. The minimum atomic E-state index is -1.20. The number of carbonyl (C=O) groups is 2. The van der Waals surface area contributed by atoms with Crippen LogP contribution in [0.3, 0.4) is 0 Å². The van der Waals surface area contributed by atoms with E-state index in [1.54, 1.807) is 37.4 Å². The highest BCUT2D eigenvalue weighted by molar-refractivity contribution is 8.00. The average molecular weight is 373 g/mol. The smallest absolute Gasteiger partial charge is 0.408 e. The van der Waals surface area contributed by atoms with E-state index in [0.29, 0.717) is 18.6 Å². The Morgan fingerprint density at radius 3 is 2.62 bits per heavy atom. The molecule has 2 amide bonds. The van der Waals surface area contributed by atoms with Crippen molar-refractivity contribution in [3.05, 3.63) is 35.9 Å². The predicted molar refractivity (Wildman–Crippen MR) is 99.6 cm³/mol. The minimum absolute atomic E-state index is 0.153. The second kappa shape index (κ2) is 6.51. The van der Waals surface area contributed by atoms with Gasteiger partial charge in [-0.05, 0) is 26.3 Å². The van der Waals surface area contributed by atoms with Gasteiger partial charge < -0.3 is 10.0 Å². The van der Waals surface area contributed by atoms with Gasteiger partial charge in [0.25, 0.3) is 5.91 Å². The normalized spacial score (nSPS) is 27.9. The molecule has 6 nitrogen and oxygen atoms in total. The number of hydrogen-bond donors (Lipinski definition) is 1. The van der Waals surface area contributed by atoms with Crippen LogP contribution in [0.4, 0.5) is 4.79 Å². The molecule has 2 aliphatic rings. The first-order valence-electron chi connectivity index (χ1n) is 8.62. The Bertz CT molecular complexity index is 756. The molecule has 1 aromatic carbocycles. The molecule has 2 heterocycles. The Labute approximate surface area is 157 Å². The number of thioether (sulfide) groups is 1. The molecular formula is C19H23N3O3S. The highest BCUT2D eigenvalue weighted by Gasteiger charge is 2.62. The third-order valence-corrected chi connectivity index (χ3v) is 6.30. The van der Waals surface area contributed by atoms with Crippen LogP contribution in [0.25, 0.3) is 0 Å². The lowest BCUT2D eigenvalue weighted by atomic mass is 9.84. The standard InChI is InChI=1S/C19H23N3O3S/c1-18(2,3)22(17(24)25)19(9-13-7-5-4-6-8-13)10-15-21(16(19)23)14(11-20)12-26-15/h4-8,14-15H,9-10,12H2,1-3H3,(H,24,25). The second-order valence-electron chi connectivity index (χ2n) is 7.83. The maximum Gasteiger partial charge on any atom is 0.408 e. The molecule has 7 heteroatoms. The number of amides is 2. The first-order valence-corrected chi connectivity index (χ1v) is 9.67. The average Bonchev–Trinajstić information content (AvgIpc) is 3.05. The summed E-state index contributed by atoms with van der Waals surface area (Å²) in [6, 6.07) is 11.2. The Kier molecular flexibility index (Phi) is 4.65. The second-order valence-corrected chi connectivity index (χ2v) is 9.04. The lowest BCUT2D eigenvalue weighted by Gasteiger charge is -2.46. The fourth-order valence-corrected chi connectivity index (χ4v) is 5.60. The van der Waals surface area contributed by atoms with E-state index in [4.69, 9.17) is 0 Å². The van der Waals surface area contributed by atoms with E-state index in [0.717, 1.165) is 5.56 Å². The lowest BCUT2D eigenvalue weighted by Crippen LogP contribution is -2.64. The van der Waals surface area contributed by atoms with E-state index < -0.39 is 23.2 Å². The molecule has 3 atom stereocenters. The number of benzene rings is 1. The van der Waals surface area contributed by atoms with Crippen molar-refractivity contribution in [2.45, 2.75) is 56.1 Å². The summed E-state index contributed by atoms with van der Waals surface area (Å²) in [4.78, 5) is 28.7. The lowest BCUT2D eigenvalue weighted by molar-refractivity contribution is -0.140. The Balaban J connectivity index is 2.10. The molecule has 0 aromatic heterocycles. The van der Waals surface area contributed by atoms with Crippen molar-refractivity contribution in [1.29, 1.82) is 5.26 Å². The predicted octanol–water partition coefficient (Wildman–Crippen LogP) is 2.94. The summed E-state index contributed by atoms with van der Waals surface area (Å²) in [6.07, 6.45) is -0.406. The Morgan fingerprint density at radius 1 is 1.42 bits per heavy atom. The zero-order valence-electron chi connectivity index (χ0n) is 15.2. The quantitative estimate of drug-likeness (QED) is 0.880. The van der Waals surface area contributed by atoms with Gasteiger partial charge in [0.05, 0.1) is 11.4 Å². The number of nitrogens with zero attached hydrogens (tertiary/aromatic N) is 3. The van der Waals surface area contributed by atoms with Crippen molar-refractivity contribution >= 4 is 23.8 Å². The van der Waals surface area contributed by atoms with E-state index in [2.05, 4.69) is 6.07 Å². The fraction of sp³-hybridized carbons (Fsp3) is 0.526. The molecule has 0 aliphatic carbocycles. The number of fused-ring (bicyclic) bond motifs is 1. The van der Waals surface area contributed by atoms with Crippen molar-refractivity contribution in [1.82, 2.24) is 9.80 Å². The van der Waals surface area contributed by atoms with E-state index >= 15 is 0 Å². The largest absolute Gasteiger partial charge is 0.465 e. The number of rotatable bonds is 3. The number of nitriles is 1. The molecule has 0 radical (unpaired) electrons. The summed E-state index contributed by atoms with van der Waals surface area (Å²) in [7, 11) is 0. The summed E-state index contributed by atoms with van der Waals surface area (Å²) >= 11 is 1.56. The Morgan fingerprint density at radius 2 is 2.08 bits per heavy atom. The van der Waals surface area contributed by atoms with Crippen molar-refractivity contribution < 1.29 is 14.7 Å². The highest BCUT2D eigenvalue weighted by Crippen LogP contribution is 2.47. The summed E-state index contributed by atoms with van der Waals surface area (Å²) in [5, 5.41) is 19.3. The van der Waals surface area contributed by atoms with E-state index in [9.17, 15) is 20.0 Å². The maximum atomic E-state index is 13.5. The van der Waals surface area contributed by atoms with Crippen LogP contribution in [0.2, 0.25) is 0 Å². The molecule has 26 heavy (non-hydrogen) atoms. The first kappa shape index (κ1) is 18.6. The third kappa shape index (κ3) is 2.92.